The van der Waals surface area contributed by atoms with Gasteiger partial charge in [-0.25, -0.2) is 0 Å². The zero-order chi connectivity index (χ0) is 57.8. The Kier molecular flexibility index (Phi) is 64.7. The van der Waals surface area contributed by atoms with Gasteiger partial charge in [0.05, 0.1) is 0 Å². The zero-order valence-electron chi connectivity index (χ0n) is 52.8. The highest BCUT2D eigenvalue weighted by Gasteiger charge is 2.19. The standard InChI is InChI=1S/C74H128O6/c1-4-7-10-13-16-18-20-22-24-26-28-30-32-34-36-38-39-41-43-45-47-49-51-53-55-58-61-64-67-73(76)79-70-71(69-78-72(75)66-63-60-57-15-12-9-6-3)80-74(77)68-65-62-59-56-54-52-50-48-46-44-42-40-37-35-33-31-29-27-25-23-21-19-17-14-11-8-5-2/h8,11,17,19,23,25,29,31,35,37,42,44,48,50,54,56,71H,4-7,9-10,12-16,18,20-22,24,26-28,30,32-34,36,38-41,43,45-47,49,51-53,55,57-70H2,1-3H3/b11-8-,19-17-,25-23-,31-29-,37-35-,44-42-,50-48-,56-54-. The van der Waals surface area contributed by atoms with Crippen molar-refractivity contribution in [2.75, 3.05) is 13.2 Å². The molecule has 460 valence electrons. The Morgan fingerprint density at radius 3 is 0.762 bits per heavy atom. The number of ether oxygens (including phenoxy) is 3. The second-order valence-electron chi connectivity index (χ2n) is 22.7. The molecule has 0 heterocycles. The van der Waals surface area contributed by atoms with Gasteiger partial charge in [-0.3, -0.25) is 14.4 Å². The van der Waals surface area contributed by atoms with Gasteiger partial charge in [-0.15, -0.1) is 0 Å². The molecule has 0 aromatic heterocycles. The summed E-state index contributed by atoms with van der Waals surface area (Å²) < 4.78 is 16.8. The van der Waals surface area contributed by atoms with Gasteiger partial charge in [-0.1, -0.05) is 330 Å². The Bertz CT molecular complexity index is 1560. The number of esters is 3. The van der Waals surface area contributed by atoms with Crippen molar-refractivity contribution in [1.82, 2.24) is 0 Å². The van der Waals surface area contributed by atoms with E-state index in [1.165, 1.54) is 186 Å². The Morgan fingerprint density at radius 1 is 0.263 bits per heavy atom. The first-order chi connectivity index (χ1) is 39.5. The zero-order valence-corrected chi connectivity index (χ0v) is 52.8. The molecule has 0 N–H and O–H groups in total. The molecule has 80 heavy (non-hydrogen) atoms. The van der Waals surface area contributed by atoms with Crippen LogP contribution in [0.1, 0.15) is 335 Å². The molecule has 0 saturated heterocycles. The van der Waals surface area contributed by atoms with Crippen molar-refractivity contribution in [3.8, 4) is 0 Å². The van der Waals surface area contributed by atoms with Gasteiger partial charge in [0.2, 0.25) is 0 Å². The molecule has 0 aliphatic rings. The molecule has 1 unspecified atom stereocenters. The summed E-state index contributed by atoms with van der Waals surface area (Å²) in [5.74, 6) is -0.931. The van der Waals surface area contributed by atoms with Gasteiger partial charge >= 0.3 is 17.9 Å². The largest absolute Gasteiger partial charge is 0.462 e. The highest BCUT2D eigenvalue weighted by Crippen LogP contribution is 2.18. The Labute approximate surface area is 496 Å². The topological polar surface area (TPSA) is 78.9 Å². The molecule has 0 rings (SSSR count). The lowest BCUT2D eigenvalue weighted by Gasteiger charge is -2.18. The third kappa shape index (κ3) is 65.1. The number of allylic oxidation sites excluding steroid dienone is 16. The summed E-state index contributed by atoms with van der Waals surface area (Å²) in [4.78, 5) is 38.1. The fourth-order valence-electron chi connectivity index (χ4n) is 9.76. The number of carbonyl (C=O) groups is 3. The minimum absolute atomic E-state index is 0.0921. The first-order valence-electron chi connectivity index (χ1n) is 34.2. The van der Waals surface area contributed by atoms with Crippen molar-refractivity contribution in [3.05, 3.63) is 97.2 Å². The average Bonchev–Trinajstić information content (AvgIpc) is 3.46. The summed E-state index contributed by atoms with van der Waals surface area (Å²) in [6.07, 6.45) is 91.8. The molecule has 0 aromatic rings. The van der Waals surface area contributed by atoms with Crippen LogP contribution in [0.2, 0.25) is 0 Å². The third-order valence-electron chi connectivity index (χ3n) is 14.9. The van der Waals surface area contributed by atoms with Crippen LogP contribution in [0, 0.1) is 0 Å². The summed E-state index contributed by atoms with van der Waals surface area (Å²) in [6.45, 7) is 6.48. The Morgan fingerprint density at radius 2 is 0.487 bits per heavy atom. The molecule has 0 spiro atoms. The molecule has 0 aliphatic heterocycles. The number of unbranched alkanes of at least 4 members (excludes halogenated alkanes) is 35. The summed E-state index contributed by atoms with van der Waals surface area (Å²) in [5.41, 5.74) is 0. The monoisotopic (exact) mass is 1110 g/mol. The highest BCUT2D eigenvalue weighted by atomic mass is 16.6. The SMILES string of the molecule is CC/C=C\C/C=C\C/C=C\C/C=C\C/C=C\C/C=C\C/C=C\C/C=C\CCCCC(=O)OC(COC(=O)CCCCCCCCC)COC(=O)CCCCCCCCCCCCCCCCCCCCCCCCCCCCCC. The molecule has 0 fully saturated rings. The van der Waals surface area contributed by atoms with Crippen molar-refractivity contribution >= 4 is 17.9 Å². The number of carbonyl (C=O) groups excluding carboxylic acids is 3. The van der Waals surface area contributed by atoms with Crippen LogP contribution in [0.25, 0.3) is 0 Å². The molecule has 0 radical (unpaired) electrons. The fourth-order valence-corrected chi connectivity index (χ4v) is 9.76. The fraction of sp³-hybridized carbons (Fsp3) is 0.743. The van der Waals surface area contributed by atoms with Crippen molar-refractivity contribution in [2.24, 2.45) is 0 Å². The van der Waals surface area contributed by atoms with E-state index in [0.717, 1.165) is 103 Å². The van der Waals surface area contributed by atoms with Crippen LogP contribution < -0.4 is 0 Å². The van der Waals surface area contributed by atoms with Gasteiger partial charge in [0.15, 0.2) is 6.10 Å². The smallest absolute Gasteiger partial charge is 0.306 e. The first kappa shape index (κ1) is 76.3. The quantitative estimate of drug-likeness (QED) is 0.0261. The van der Waals surface area contributed by atoms with Crippen molar-refractivity contribution in [3.63, 3.8) is 0 Å². The number of hydrogen-bond donors (Lipinski definition) is 0. The molecule has 0 bridgehead atoms. The molecule has 0 amide bonds. The lowest BCUT2D eigenvalue weighted by Crippen LogP contribution is -2.30. The second-order valence-corrected chi connectivity index (χ2v) is 22.7. The van der Waals surface area contributed by atoms with E-state index >= 15 is 0 Å². The van der Waals surface area contributed by atoms with Crippen molar-refractivity contribution in [1.29, 1.82) is 0 Å². The van der Waals surface area contributed by atoms with E-state index in [4.69, 9.17) is 14.2 Å². The second kappa shape index (κ2) is 67.8. The minimum atomic E-state index is -0.798. The molecule has 0 saturated carbocycles. The maximum absolute atomic E-state index is 12.9. The molecule has 0 aliphatic carbocycles. The lowest BCUT2D eigenvalue weighted by atomic mass is 10.0. The van der Waals surface area contributed by atoms with E-state index in [0.29, 0.717) is 19.3 Å². The average molecular weight is 1110 g/mol. The van der Waals surface area contributed by atoms with Gasteiger partial charge < -0.3 is 14.2 Å². The summed E-state index contributed by atoms with van der Waals surface area (Å²) >= 11 is 0. The van der Waals surface area contributed by atoms with Crippen LogP contribution in [-0.4, -0.2) is 37.2 Å². The van der Waals surface area contributed by atoms with E-state index in [1.807, 2.05) is 0 Å². The molecule has 6 nitrogen and oxygen atoms in total. The summed E-state index contributed by atoms with van der Waals surface area (Å²) in [7, 11) is 0. The highest BCUT2D eigenvalue weighted by molar-refractivity contribution is 5.71. The van der Waals surface area contributed by atoms with Gasteiger partial charge in [0, 0.05) is 19.3 Å². The van der Waals surface area contributed by atoms with Gasteiger partial charge in [-0.05, 0) is 83.5 Å². The number of hydrogen-bond acceptors (Lipinski definition) is 6. The van der Waals surface area contributed by atoms with Crippen LogP contribution in [0.4, 0.5) is 0 Å². The van der Waals surface area contributed by atoms with E-state index in [2.05, 4.69) is 118 Å². The predicted molar refractivity (Wildman–Crippen MR) is 348 cm³/mol. The predicted octanol–water partition coefficient (Wildman–Crippen LogP) is 23.6. The van der Waals surface area contributed by atoms with Crippen molar-refractivity contribution in [2.45, 2.75) is 341 Å². The molecular weight excluding hydrogens is 985 g/mol. The number of rotatable bonds is 62. The molecule has 6 heteroatoms. The molecular formula is C74H128O6. The first-order valence-corrected chi connectivity index (χ1v) is 34.2. The normalized spacial score (nSPS) is 12.7. The van der Waals surface area contributed by atoms with E-state index in [1.54, 1.807) is 0 Å². The van der Waals surface area contributed by atoms with Gasteiger partial charge in [0.25, 0.3) is 0 Å². The summed E-state index contributed by atoms with van der Waals surface area (Å²) in [5, 5.41) is 0. The van der Waals surface area contributed by atoms with Crippen LogP contribution >= 0.6 is 0 Å². The maximum Gasteiger partial charge on any atom is 0.306 e. The molecule has 1 atom stereocenters. The van der Waals surface area contributed by atoms with E-state index < -0.39 is 6.10 Å². The minimum Gasteiger partial charge on any atom is -0.462 e. The molecule has 0 aromatic carbocycles. The van der Waals surface area contributed by atoms with Crippen LogP contribution in [0.3, 0.4) is 0 Å². The van der Waals surface area contributed by atoms with Gasteiger partial charge in [0.1, 0.15) is 13.2 Å². The van der Waals surface area contributed by atoms with Crippen molar-refractivity contribution < 1.29 is 28.6 Å². The van der Waals surface area contributed by atoms with Crippen LogP contribution in [0.5, 0.6) is 0 Å². The maximum atomic E-state index is 12.9. The summed E-state index contributed by atoms with van der Waals surface area (Å²) in [6, 6.07) is 0. The lowest BCUT2D eigenvalue weighted by molar-refractivity contribution is -0.167. The Hall–Kier alpha value is -3.67. The Balaban J connectivity index is 4.16. The van der Waals surface area contributed by atoms with E-state index in [-0.39, 0.29) is 37.5 Å². The van der Waals surface area contributed by atoms with E-state index in [9.17, 15) is 14.4 Å². The van der Waals surface area contributed by atoms with Crippen LogP contribution in [0.15, 0.2) is 97.2 Å². The van der Waals surface area contributed by atoms with Gasteiger partial charge in [-0.2, -0.15) is 0 Å². The third-order valence-corrected chi connectivity index (χ3v) is 14.9. The van der Waals surface area contributed by atoms with Crippen LogP contribution in [-0.2, 0) is 28.6 Å².